The molecule has 0 amide bonds. The molecule has 0 aliphatic heterocycles. The number of hydrogen-bond acceptors (Lipinski definition) is 2. The molecule has 0 N–H and O–H groups in total. The van der Waals surface area contributed by atoms with Crippen LogP contribution in [0.25, 0.3) is 93.6 Å². The normalized spacial score (nSPS) is 12.2. The third-order valence-electron chi connectivity index (χ3n) is 10.2. The molecular formula is C44H26N4O. The number of rotatable bonds is 3. The topological polar surface area (TPSA) is 44.2 Å². The lowest BCUT2D eigenvalue weighted by Gasteiger charge is -2.16. The van der Waals surface area contributed by atoms with Crippen LogP contribution in [0.5, 0.6) is 0 Å². The molecule has 11 rings (SSSR count). The highest BCUT2D eigenvalue weighted by Gasteiger charge is 2.25. The third kappa shape index (κ3) is 3.43. The van der Waals surface area contributed by atoms with Crippen LogP contribution in [0.2, 0.25) is 0 Å². The summed E-state index contributed by atoms with van der Waals surface area (Å²) in [6.45, 7) is 0. The average molecular weight is 627 g/mol. The van der Waals surface area contributed by atoms with Crippen LogP contribution >= 0.6 is 0 Å². The van der Waals surface area contributed by atoms with Gasteiger partial charge in [0.15, 0.2) is 0 Å². The molecule has 4 heterocycles. The van der Waals surface area contributed by atoms with Crippen molar-refractivity contribution in [1.82, 2.24) is 18.5 Å². The Kier molecular flexibility index (Phi) is 5.19. The standard InChI is InChI=1S/C44H26N4O/c49-44-34-20-8-7-19-31(34)39-38(26-25-35-42(39)48(44)43(45-35)27-13-3-1-4-14-27)47-37-22-12-10-18-30(37)33-24-23-32-29-17-9-11-21-36(29)46(40(32)41(33)47)28-15-5-2-6-16-28/h1-26H. The van der Waals surface area contributed by atoms with E-state index in [9.17, 15) is 4.79 Å². The zero-order valence-electron chi connectivity index (χ0n) is 26.2. The fourth-order valence-electron chi connectivity index (χ4n) is 8.19. The van der Waals surface area contributed by atoms with E-state index in [1.54, 1.807) is 0 Å². The Bertz CT molecular complexity index is 3170. The van der Waals surface area contributed by atoms with Gasteiger partial charge in [-0.3, -0.25) is 9.20 Å². The number of fused-ring (bicyclic) bond motifs is 9. The molecule has 5 heteroatoms. The van der Waals surface area contributed by atoms with Crippen molar-refractivity contribution in [3.63, 3.8) is 0 Å². The van der Waals surface area contributed by atoms with Gasteiger partial charge in [0.05, 0.1) is 38.8 Å². The molecule has 7 aromatic carbocycles. The van der Waals surface area contributed by atoms with E-state index >= 15 is 0 Å². The van der Waals surface area contributed by atoms with Crippen LogP contribution in [0.3, 0.4) is 0 Å². The molecule has 0 aliphatic carbocycles. The Balaban J connectivity index is 1.40. The second-order valence-corrected chi connectivity index (χ2v) is 12.7. The van der Waals surface area contributed by atoms with Crippen LogP contribution in [0.1, 0.15) is 0 Å². The Morgan fingerprint density at radius 1 is 0.429 bits per heavy atom. The Labute approximate surface area is 279 Å². The molecule has 0 aliphatic rings. The van der Waals surface area contributed by atoms with Crippen molar-refractivity contribution in [3.05, 3.63) is 168 Å². The van der Waals surface area contributed by atoms with Crippen molar-refractivity contribution in [2.24, 2.45) is 0 Å². The average Bonchev–Trinajstić information content (AvgIpc) is 3.83. The van der Waals surface area contributed by atoms with Crippen molar-refractivity contribution in [1.29, 1.82) is 0 Å². The Morgan fingerprint density at radius 3 is 1.67 bits per heavy atom. The van der Waals surface area contributed by atoms with E-state index in [0.29, 0.717) is 11.2 Å². The minimum absolute atomic E-state index is 0.0598. The van der Waals surface area contributed by atoms with Gasteiger partial charge in [-0.1, -0.05) is 115 Å². The monoisotopic (exact) mass is 626 g/mol. The van der Waals surface area contributed by atoms with Gasteiger partial charge in [0.1, 0.15) is 5.82 Å². The van der Waals surface area contributed by atoms with E-state index in [-0.39, 0.29) is 5.56 Å². The van der Waals surface area contributed by atoms with Gasteiger partial charge in [0, 0.05) is 43.6 Å². The molecular weight excluding hydrogens is 601 g/mol. The van der Waals surface area contributed by atoms with Crippen molar-refractivity contribution >= 4 is 70.8 Å². The van der Waals surface area contributed by atoms with E-state index in [4.69, 9.17) is 4.98 Å². The summed E-state index contributed by atoms with van der Waals surface area (Å²) in [4.78, 5) is 19.5. The number of nitrogens with zero attached hydrogens (tertiary/aromatic N) is 4. The quantitative estimate of drug-likeness (QED) is 0.183. The summed E-state index contributed by atoms with van der Waals surface area (Å²) in [6.07, 6.45) is 0. The van der Waals surface area contributed by atoms with Gasteiger partial charge in [0.2, 0.25) is 0 Å². The van der Waals surface area contributed by atoms with Gasteiger partial charge >= 0.3 is 0 Å². The number of benzene rings is 7. The predicted octanol–water partition coefficient (Wildman–Crippen LogP) is 10.3. The predicted molar refractivity (Wildman–Crippen MR) is 202 cm³/mol. The lowest BCUT2D eigenvalue weighted by Crippen LogP contribution is -2.15. The maximum Gasteiger partial charge on any atom is 0.264 e. The number of pyridine rings is 1. The van der Waals surface area contributed by atoms with E-state index in [0.717, 1.165) is 60.8 Å². The van der Waals surface area contributed by atoms with Crippen molar-refractivity contribution in [2.45, 2.75) is 0 Å². The van der Waals surface area contributed by atoms with E-state index < -0.39 is 0 Å². The van der Waals surface area contributed by atoms with Crippen molar-refractivity contribution < 1.29 is 0 Å². The van der Waals surface area contributed by atoms with Gasteiger partial charge < -0.3 is 9.13 Å². The molecule has 11 aromatic rings. The van der Waals surface area contributed by atoms with Crippen molar-refractivity contribution in [2.75, 3.05) is 0 Å². The van der Waals surface area contributed by atoms with Gasteiger partial charge in [-0.25, -0.2) is 4.98 Å². The number of imidazole rings is 1. The molecule has 4 aromatic heterocycles. The first kappa shape index (κ1) is 26.4. The van der Waals surface area contributed by atoms with Gasteiger partial charge in [0.25, 0.3) is 5.56 Å². The van der Waals surface area contributed by atoms with Crippen LogP contribution < -0.4 is 5.56 Å². The summed E-state index contributed by atoms with van der Waals surface area (Å²) in [6, 6.07) is 54.8. The summed E-state index contributed by atoms with van der Waals surface area (Å²) in [5.74, 6) is 0.655. The number of aromatic nitrogens is 4. The Hall–Kier alpha value is -6.72. The summed E-state index contributed by atoms with van der Waals surface area (Å²) < 4.78 is 6.66. The molecule has 5 nitrogen and oxygen atoms in total. The first-order chi connectivity index (χ1) is 24.3. The highest BCUT2D eigenvalue weighted by molar-refractivity contribution is 6.25. The van der Waals surface area contributed by atoms with E-state index in [1.165, 1.54) is 21.5 Å². The molecule has 0 saturated carbocycles. The zero-order valence-corrected chi connectivity index (χ0v) is 26.2. The van der Waals surface area contributed by atoms with Crippen molar-refractivity contribution in [3.8, 4) is 22.8 Å². The first-order valence-corrected chi connectivity index (χ1v) is 16.5. The summed E-state index contributed by atoms with van der Waals surface area (Å²) in [5, 5.41) is 7.34. The molecule has 0 fully saturated rings. The second kappa shape index (κ2) is 9.66. The fraction of sp³-hybridized carbons (Fsp3) is 0. The summed E-state index contributed by atoms with van der Waals surface area (Å²) >= 11 is 0. The van der Waals surface area contributed by atoms with Crippen LogP contribution in [0.15, 0.2) is 163 Å². The molecule has 0 saturated heterocycles. The summed E-state index contributed by atoms with van der Waals surface area (Å²) in [5.41, 5.74) is 9.13. The third-order valence-corrected chi connectivity index (χ3v) is 10.2. The van der Waals surface area contributed by atoms with Crippen LogP contribution in [-0.2, 0) is 0 Å². The molecule has 0 atom stereocenters. The maximum absolute atomic E-state index is 14.4. The fourth-order valence-corrected chi connectivity index (χ4v) is 8.19. The minimum atomic E-state index is -0.0598. The van der Waals surface area contributed by atoms with Gasteiger partial charge in [-0.15, -0.1) is 0 Å². The number of para-hydroxylation sites is 3. The largest absolute Gasteiger partial charge is 0.307 e. The highest BCUT2D eigenvalue weighted by Crippen LogP contribution is 2.44. The lowest BCUT2D eigenvalue weighted by molar-refractivity contribution is 1.12. The van der Waals surface area contributed by atoms with Gasteiger partial charge in [-0.05, 0) is 47.9 Å². The molecule has 0 bridgehead atoms. The second-order valence-electron chi connectivity index (χ2n) is 12.7. The molecule has 0 spiro atoms. The van der Waals surface area contributed by atoms with E-state index in [2.05, 4.69) is 118 Å². The first-order valence-electron chi connectivity index (χ1n) is 16.5. The minimum Gasteiger partial charge on any atom is -0.307 e. The van der Waals surface area contributed by atoms with Crippen LogP contribution in [0.4, 0.5) is 0 Å². The molecule has 228 valence electrons. The Morgan fingerprint density at radius 2 is 0.980 bits per heavy atom. The molecule has 0 unspecified atom stereocenters. The highest BCUT2D eigenvalue weighted by atomic mass is 16.1. The van der Waals surface area contributed by atoms with Crippen LogP contribution in [-0.4, -0.2) is 18.5 Å². The maximum atomic E-state index is 14.4. The SMILES string of the molecule is O=c1c2ccccc2c2c(-n3c4ccccc4c4ccc5c6ccccc6n(-c6ccccc6)c5c43)ccc3nc(-c4ccccc4)n1c32. The number of hydrogen-bond donors (Lipinski definition) is 0. The van der Waals surface area contributed by atoms with Crippen LogP contribution in [0, 0.1) is 0 Å². The van der Waals surface area contributed by atoms with E-state index in [1.807, 2.05) is 52.9 Å². The zero-order chi connectivity index (χ0) is 32.2. The smallest absolute Gasteiger partial charge is 0.264 e. The molecule has 49 heavy (non-hydrogen) atoms. The lowest BCUT2D eigenvalue weighted by atomic mass is 10.0. The van der Waals surface area contributed by atoms with Gasteiger partial charge in [-0.2, -0.15) is 0 Å². The summed E-state index contributed by atoms with van der Waals surface area (Å²) in [7, 11) is 0. The molecule has 0 radical (unpaired) electrons.